The van der Waals surface area contributed by atoms with Gasteiger partial charge in [-0.2, -0.15) is 5.11 Å². The van der Waals surface area contributed by atoms with E-state index in [1.165, 1.54) is 6.07 Å². The molecule has 0 aliphatic heterocycles. The first kappa shape index (κ1) is 20.5. The number of non-ortho nitro benzene ring substituents is 1. The van der Waals surface area contributed by atoms with Gasteiger partial charge >= 0.3 is 5.69 Å². The number of alkyl halides is 2. The number of hydrogen-bond acceptors (Lipinski definition) is 7. The van der Waals surface area contributed by atoms with Gasteiger partial charge in [-0.05, 0) is 30.3 Å². The average Bonchev–Trinajstić information content (AvgIpc) is 2.66. The summed E-state index contributed by atoms with van der Waals surface area (Å²) in [7, 11) is 0. The lowest BCUT2D eigenvalue weighted by atomic mass is 10.2. The summed E-state index contributed by atoms with van der Waals surface area (Å²) in [5.74, 6) is 0.921. The Hall–Kier alpha value is -2.78. The van der Waals surface area contributed by atoms with E-state index >= 15 is 0 Å². The number of nitro groups is 2. The summed E-state index contributed by atoms with van der Waals surface area (Å²) in [6.45, 7) is 1.29. The molecule has 2 rings (SSSR count). The number of nitro benzene ring substituents is 2. The first-order valence-electron chi connectivity index (χ1n) is 7.77. The van der Waals surface area contributed by atoms with Gasteiger partial charge in [0.05, 0.1) is 21.6 Å². The quantitative estimate of drug-likeness (QED) is 0.243. The summed E-state index contributed by atoms with van der Waals surface area (Å²) in [6.07, 6.45) is 0. The maximum absolute atomic E-state index is 11.1. The summed E-state index contributed by atoms with van der Waals surface area (Å²) in [5, 5.41) is 29.7. The molecule has 2 aromatic rings. The van der Waals surface area contributed by atoms with Gasteiger partial charge < -0.3 is 4.90 Å². The number of benzene rings is 2. The smallest absolute Gasteiger partial charge is 0.303 e. The van der Waals surface area contributed by atoms with Gasteiger partial charge in [0.1, 0.15) is 0 Å². The zero-order chi connectivity index (χ0) is 19.8. The van der Waals surface area contributed by atoms with Crippen LogP contribution in [-0.4, -0.2) is 34.7 Å². The molecule has 0 amide bonds. The predicted molar refractivity (Wildman–Crippen MR) is 104 cm³/mol. The van der Waals surface area contributed by atoms with Crippen LogP contribution in [0.25, 0.3) is 0 Å². The monoisotopic (exact) mass is 411 g/mol. The molecule has 0 fully saturated rings. The maximum Gasteiger partial charge on any atom is 0.303 e. The molecular weight excluding hydrogens is 397 g/mol. The number of hydrogen-bond donors (Lipinski definition) is 0. The van der Waals surface area contributed by atoms with Crippen molar-refractivity contribution in [3.63, 3.8) is 0 Å². The molecular formula is C16H15Cl2N5O4. The fraction of sp³-hybridized carbons (Fsp3) is 0.250. The molecule has 0 aliphatic rings. The second kappa shape index (κ2) is 9.79. The minimum atomic E-state index is -0.735. The van der Waals surface area contributed by atoms with E-state index in [9.17, 15) is 20.2 Å². The number of anilines is 1. The molecule has 0 aliphatic carbocycles. The first-order chi connectivity index (χ1) is 13.0. The lowest BCUT2D eigenvalue weighted by molar-refractivity contribution is -0.393. The van der Waals surface area contributed by atoms with Crippen LogP contribution >= 0.6 is 23.2 Å². The van der Waals surface area contributed by atoms with Gasteiger partial charge in [-0.3, -0.25) is 20.2 Å². The van der Waals surface area contributed by atoms with Crippen LogP contribution in [0.1, 0.15) is 0 Å². The van der Waals surface area contributed by atoms with Crippen molar-refractivity contribution in [2.24, 2.45) is 10.2 Å². The molecule has 142 valence electrons. The van der Waals surface area contributed by atoms with E-state index in [-0.39, 0.29) is 11.4 Å². The third kappa shape index (κ3) is 5.60. The summed E-state index contributed by atoms with van der Waals surface area (Å²) >= 11 is 11.6. The molecule has 11 heteroatoms. The predicted octanol–water partition coefficient (Wildman–Crippen LogP) is 5.20. The Morgan fingerprint density at radius 1 is 0.889 bits per heavy atom. The highest BCUT2D eigenvalue weighted by atomic mass is 35.5. The highest BCUT2D eigenvalue weighted by Crippen LogP contribution is 2.32. The highest BCUT2D eigenvalue weighted by molar-refractivity contribution is 6.18. The second-order valence-electron chi connectivity index (χ2n) is 5.27. The Bertz CT molecular complexity index is 839. The Kier molecular flexibility index (Phi) is 7.44. The SMILES string of the molecule is O=[N+]([O-])c1ccc(N=Nc2ccc(N(CCCl)CCCl)cc2)c([N+](=O)[O-])c1. The molecule has 0 N–H and O–H groups in total. The maximum atomic E-state index is 11.1. The molecule has 0 unspecified atom stereocenters. The third-order valence-electron chi connectivity index (χ3n) is 3.56. The van der Waals surface area contributed by atoms with Crippen LogP contribution in [0.15, 0.2) is 52.7 Å². The van der Waals surface area contributed by atoms with Gasteiger partial charge in [-0.15, -0.1) is 28.3 Å². The normalized spacial score (nSPS) is 10.9. The standard InChI is InChI=1S/C16H15Cl2N5O4/c17-7-9-21(10-8-18)13-3-1-12(2-4-13)19-20-15-6-5-14(22(24)25)11-16(15)23(26)27/h1-6,11H,7-10H2. The van der Waals surface area contributed by atoms with Crippen LogP contribution in [-0.2, 0) is 0 Å². The Balaban J connectivity index is 2.23. The van der Waals surface area contributed by atoms with Crippen molar-refractivity contribution in [2.45, 2.75) is 0 Å². The lowest BCUT2D eigenvalue weighted by Gasteiger charge is -2.22. The molecule has 2 aromatic carbocycles. The van der Waals surface area contributed by atoms with Gasteiger partial charge in [0.2, 0.25) is 0 Å². The van der Waals surface area contributed by atoms with Crippen molar-refractivity contribution in [3.05, 3.63) is 62.7 Å². The van der Waals surface area contributed by atoms with E-state index in [1.54, 1.807) is 12.1 Å². The topological polar surface area (TPSA) is 114 Å². The van der Waals surface area contributed by atoms with Crippen molar-refractivity contribution in [2.75, 3.05) is 29.7 Å². The molecule has 0 spiro atoms. The van der Waals surface area contributed by atoms with Crippen molar-refractivity contribution < 1.29 is 9.85 Å². The van der Waals surface area contributed by atoms with Gasteiger partial charge in [0, 0.05) is 36.6 Å². The fourth-order valence-corrected chi connectivity index (χ4v) is 2.68. The molecule has 0 atom stereocenters. The average molecular weight is 412 g/mol. The van der Waals surface area contributed by atoms with E-state index in [0.717, 1.165) is 17.8 Å². The molecule has 9 nitrogen and oxygen atoms in total. The molecule has 0 saturated carbocycles. The number of halogens is 2. The molecule has 0 bridgehead atoms. The highest BCUT2D eigenvalue weighted by Gasteiger charge is 2.19. The molecule has 0 heterocycles. The van der Waals surface area contributed by atoms with Crippen molar-refractivity contribution in [1.29, 1.82) is 0 Å². The van der Waals surface area contributed by atoms with E-state index in [4.69, 9.17) is 23.2 Å². The van der Waals surface area contributed by atoms with E-state index in [0.29, 0.717) is 30.5 Å². The molecule has 0 saturated heterocycles. The van der Waals surface area contributed by atoms with Crippen LogP contribution in [0.4, 0.5) is 28.4 Å². The van der Waals surface area contributed by atoms with E-state index in [2.05, 4.69) is 10.2 Å². The third-order valence-corrected chi connectivity index (χ3v) is 3.90. The minimum absolute atomic E-state index is 0.0689. The van der Waals surface area contributed by atoms with E-state index in [1.807, 2.05) is 17.0 Å². The summed E-state index contributed by atoms with van der Waals surface area (Å²) in [5.41, 5.74) is 0.448. The fourth-order valence-electron chi connectivity index (χ4n) is 2.27. The summed E-state index contributed by atoms with van der Waals surface area (Å²) in [4.78, 5) is 22.4. The van der Waals surface area contributed by atoms with Gasteiger partial charge in [0.15, 0.2) is 5.69 Å². The summed E-state index contributed by atoms with van der Waals surface area (Å²) in [6, 6.07) is 10.2. The summed E-state index contributed by atoms with van der Waals surface area (Å²) < 4.78 is 0. The van der Waals surface area contributed by atoms with Crippen LogP contribution in [0.5, 0.6) is 0 Å². The van der Waals surface area contributed by atoms with Crippen LogP contribution < -0.4 is 4.90 Å². The van der Waals surface area contributed by atoms with Crippen LogP contribution in [0.2, 0.25) is 0 Å². The Morgan fingerprint density at radius 3 is 2.04 bits per heavy atom. The number of azo groups is 1. The van der Waals surface area contributed by atoms with E-state index < -0.39 is 15.5 Å². The molecule has 0 radical (unpaired) electrons. The first-order valence-corrected chi connectivity index (χ1v) is 8.84. The number of rotatable bonds is 9. The van der Waals surface area contributed by atoms with Crippen molar-refractivity contribution in [1.82, 2.24) is 0 Å². The van der Waals surface area contributed by atoms with Gasteiger partial charge in [0.25, 0.3) is 5.69 Å². The van der Waals surface area contributed by atoms with Crippen molar-refractivity contribution >= 4 is 51.6 Å². The van der Waals surface area contributed by atoms with Gasteiger partial charge in [-0.1, -0.05) is 0 Å². The zero-order valence-electron chi connectivity index (χ0n) is 14.0. The van der Waals surface area contributed by atoms with Crippen molar-refractivity contribution in [3.8, 4) is 0 Å². The molecule has 0 aromatic heterocycles. The van der Waals surface area contributed by atoms with Crippen LogP contribution in [0, 0.1) is 20.2 Å². The second-order valence-corrected chi connectivity index (χ2v) is 6.02. The van der Waals surface area contributed by atoms with Crippen LogP contribution in [0.3, 0.4) is 0 Å². The lowest BCUT2D eigenvalue weighted by Crippen LogP contribution is -2.27. The Labute approximate surface area is 164 Å². The zero-order valence-corrected chi connectivity index (χ0v) is 15.5. The largest absolute Gasteiger partial charge is 0.369 e. The van der Waals surface area contributed by atoms with Gasteiger partial charge in [-0.25, -0.2) is 0 Å². The Morgan fingerprint density at radius 2 is 1.52 bits per heavy atom. The number of nitrogens with zero attached hydrogens (tertiary/aromatic N) is 5. The minimum Gasteiger partial charge on any atom is -0.369 e. The molecule has 27 heavy (non-hydrogen) atoms.